The van der Waals surface area contributed by atoms with Gasteiger partial charge in [0.15, 0.2) is 6.61 Å². The summed E-state index contributed by atoms with van der Waals surface area (Å²) < 4.78 is 10.7. The smallest absolute Gasteiger partial charge is 0.263 e. The Bertz CT molecular complexity index is 907. The van der Waals surface area contributed by atoms with Crippen molar-refractivity contribution < 1.29 is 19.1 Å². The Balaban J connectivity index is 1.43. The van der Waals surface area contributed by atoms with Crippen LogP contribution >= 0.6 is 23.2 Å². The molecule has 0 radical (unpaired) electrons. The first-order chi connectivity index (χ1) is 15.0. The molecule has 0 saturated carbocycles. The zero-order valence-corrected chi connectivity index (χ0v) is 18.4. The first kappa shape index (κ1) is 23.3. The van der Waals surface area contributed by atoms with Gasteiger partial charge in [-0.25, -0.2) is 4.98 Å². The number of carbonyl (C=O) groups is 2. The highest BCUT2D eigenvalue weighted by atomic mass is 35.5. The molecule has 166 valence electrons. The van der Waals surface area contributed by atoms with Gasteiger partial charge in [-0.15, -0.1) is 0 Å². The Morgan fingerprint density at radius 2 is 1.97 bits per heavy atom. The minimum Gasteiger partial charge on any atom is -0.482 e. The molecule has 0 spiro atoms. The molecule has 2 N–H and O–H groups in total. The van der Waals surface area contributed by atoms with Crippen LogP contribution in [0.4, 0.5) is 5.82 Å². The highest BCUT2D eigenvalue weighted by Crippen LogP contribution is 2.27. The second kappa shape index (κ2) is 11.9. The normalized spacial score (nSPS) is 14.1. The van der Waals surface area contributed by atoms with Gasteiger partial charge >= 0.3 is 0 Å². The summed E-state index contributed by atoms with van der Waals surface area (Å²) in [6.45, 7) is 4.59. The van der Waals surface area contributed by atoms with Crippen LogP contribution in [0.25, 0.3) is 0 Å². The van der Waals surface area contributed by atoms with Gasteiger partial charge < -0.3 is 20.1 Å². The van der Waals surface area contributed by atoms with Crippen LogP contribution < -0.4 is 15.4 Å². The number of hydrogen-bond acceptors (Lipinski definition) is 6. The van der Waals surface area contributed by atoms with Crippen molar-refractivity contribution in [2.24, 2.45) is 0 Å². The van der Waals surface area contributed by atoms with E-state index in [0.717, 1.165) is 39.3 Å². The molecule has 0 unspecified atom stereocenters. The second-order valence-electron chi connectivity index (χ2n) is 6.90. The fourth-order valence-corrected chi connectivity index (χ4v) is 3.45. The molecule has 0 bridgehead atoms. The second-order valence-corrected chi connectivity index (χ2v) is 7.75. The van der Waals surface area contributed by atoms with Gasteiger partial charge in [0.25, 0.3) is 11.8 Å². The fraction of sp³-hybridized carbons (Fsp3) is 0.381. The molecule has 8 nitrogen and oxygen atoms in total. The van der Waals surface area contributed by atoms with E-state index in [-0.39, 0.29) is 18.3 Å². The number of pyridine rings is 1. The van der Waals surface area contributed by atoms with Gasteiger partial charge in [-0.1, -0.05) is 23.2 Å². The molecule has 1 aliphatic heterocycles. The topological polar surface area (TPSA) is 92.8 Å². The van der Waals surface area contributed by atoms with Crippen LogP contribution in [0.15, 0.2) is 36.5 Å². The van der Waals surface area contributed by atoms with E-state index in [4.69, 9.17) is 32.7 Å². The summed E-state index contributed by atoms with van der Waals surface area (Å²) in [5.41, 5.74) is 0.415. The Morgan fingerprint density at radius 3 is 2.74 bits per heavy atom. The number of amides is 2. The van der Waals surface area contributed by atoms with Crippen molar-refractivity contribution in [3.8, 4) is 5.75 Å². The number of benzene rings is 1. The van der Waals surface area contributed by atoms with Gasteiger partial charge in [0, 0.05) is 36.4 Å². The minimum atomic E-state index is -0.429. The maximum Gasteiger partial charge on any atom is 0.263 e. The highest BCUT2D eigenvalue weighted by molar-refractivity contribution is 6.35. The molecule has 31 heavy (non-hydrogen) atoms. The Morgan fingerprint density at radius 1 is 1.16 bits per heavy atom. The van der Waals surface area contributed by atoms with Crippen molar-refractivity contribution in [2.75, 3.05) is 51.3 Å². The Hall–Kier alpha value is -2.39. The zero-order chi connectivity index (χ0) is 22.1. The van der Waals surface area contributed by atoms with E-state index in [2.05, 4.69) is 20.5 Å². The van der Waals surface area contributed by atoms with Gasteiger partial charge in [0.05, 0.1) is 18.2 Å². The third kappa shape index (κ3) is 7.66. The van der Waals surface area contributed by atoms with Crippen LogP contribution in [0.3, 0.4) is 0 Å². The summed E-state index contributed by atoms with van der Waals surface area (Å²) in [6.07, 6.45) is 2.32. The predicted molar refractivity (Wildman–Crippen MR) is 119 cm³/mol. The third-order valence-corrected chi connectivity index (χ3v) is 5.11. The number of morpholine rings is 1. The first-order valence-electron chi connectivity index (χ1n) is 9.93. The van der Waals surface area contributed by atoms with Crippen molar-refractivity contribution in [3.05, 3.63) is 52.1 Å². The van der Waals surface area contributed by atoms with Crippen LogP contribution in [0.2, 0.25) is 10.0 Å². The average Bonchev–Trinajstić information content (AvgIpc) is 2.77. The number of carbonyl (C=O) groups excluding carboxylic acids is 2. The van der Waals surface area contributed by atoms with Crippen LogP contribution in [-0.4, -0.2) is 67.7 Å². The summed E-state index contributed by atoms with van der Waals surface area (Å²) in [5, 5.41) is 6.28. The van der Waals surface area contributed by atoms with Crippen molar-refractivity contribution in [3.63, 3.8) is 0 Å². The van der Waals surface area contributed by atoms with E-state index in [1.54, 1.807) is 18.2 Å². The van der Waals surface area contributed by atoms with Crippen LogP contribution in [0.1, 0.15) is 16.8 Å². The molecule has 1 fully saturated rings. The van der Waals surface area contributed by atoms with Crippen molar-refractivity contribution in [1.82, 2.24) is 15.2 Å². The molecule has 1 aliphatic rings. The van der Waals surface area contributed by atoms with Crippen molar-refractivity contribution >= 4 is 40.8 Å². The van der Waals surface area contributed by atoms with Gasteiger partial charge in [0.1, 0.15) is 11.6 Å². The Labute approximate surface area is 190 Å². The molecular weight excluding hydrogens is 443 g/mol. The number of nitrogens with zero attached hydrogens (tertiary/aromatic N) is 2. The molecule has 0 aliphatic carbocycles. The summed E-state index contributed by atoms with van der Waals surface area (Å²) in [6, 6.07) is 7.84. The summed E-state index contributed by atoms with van der Waals surface area (Å²) in [5.74, 6) is -0.0400. The van der Waals surface area contributed by atoms with Crippen molar-refractivity contribution in [2.45, 2.75) is 6.42 Å². The molecule has 10 heteroatoms. The molecule has 0 atom stereocenters. The Kier molecular flexibility index (Phi) is 8.90. The number of aromatic nitrogens is 1. The van der Waals surface area contributed by atoms with E-state index in [1.165, 1.54) is 18.3 Å². The molecular formula is C21H24Cl2N4O4. The number of nitrogens with one attached hydrogen (secondary N) is 2. The average molecular weight is 467 g/mol. The lowest BCUT2D eigenvalue weighted by Gasteiger charge is -2.26. The quantitative estimate of drug-likeness (QED) is 0.551. The van der Waals surface area contributed by atoms with E-state index in [9.17, 15) is 9.59 Å². The first-order valence-corrected chi connectivity index (χ1v) is 10.7. The molecule has 1 saturated heterocycles. The number of anilines is 1. The standard InChI is InChI=1S/C21H24Cl2N4O4/c22-16-2-3-18(17(23)13-16)31-14-20(28)26-19-12-15(4-6-24-19)21(29)25-5-1-7-27-8-10-30-11-9-27/h2-4,6,12-13H,1,5,7-11,14H2,(H,25,29)(H,24,26,28). The fourth-order valence-electron chi connectivity index (χ4n) is 2.99. The largest absolute Gasteiger partial charge is 0.482 e. The SMILES string of the molecule is O=C(COc1ccc(Cl)cc1Cl)Nc1cc(C(=O)NCCCN2CCOCC2)ccn1. The summed E-state index contributed by atoms with van der Waals surface area (Å²) in [4.78, 5) is 30.9. The number of rotatable bonds is 9. The molecule has 1 aromatic heterocycles. The molecule has 2 heterocycles. The van der Waals surface area contributed by atoms with Gasteiger partial charge in [-0.2, -0.15) is 0 Å². The van der Waals surface area contributed by atoms with E-state index in [1.807, 2.05) is 0 Å². The number of hydrogen-bond donors (Lipinski definition) is 2. The summed E-state index contributed by atoms with van der Waals surface area (Å²) in [7, 11) is 0. The third-order valence-electron chi connectivity index (χ3n) is 4.58. The molecule has 2 aromatic rings. The molecule has 1 aromatic carbocycles. The van der Waals surface area contributed by atoms with Crippen LogP contribution in [-0.2, 0) is 9.53 Å². The van der Waals surface area contributed by atoms with E-state index in [0.29, 0.717) is 27.9 Å². The van der Waals surface area contributed by atoms with Crippen LogP contribution in [0.5, 0.6) is 5.75 Å². The lowest BCUT2D eigenvalue weighted by Crippen LogP contribution is -2.38. The lowest BCUT2D eigenvalue weighted by molar-refractivity contribution is -0.118. The number of ether oxygens (including phenoxy) is 2. The molecule has 2 amide bonds. The summed E-state index contributed by atoms with van der Waals surface area (Å²) >= 11 is 11.9. The van der Waals surface area contributed by atoms with E-state index >= 15 is 0 Å². The minimum absolute atomic E-state index is 0.218. The van der Waals surface area contributed by atoms with E-state index < -0.39 is 5.91 Å². The highest BCUT2D eigenvalue weighted by Gasteiger charge is 2.12. The zero-order valence-electron chi connectivity index (χ0n) is 16.9. The predicted octanol–water partition coefficient (Wildman–Crippen LogP) is 2.86. The van der Waals surface area contributed by atoms with Gasteiger partial charge in [-0.3, -0.25) is 14.5 Å². The van der Waals surface area contributed by atoms with Gasteiger partial charge in [0.2, 0.25) is 0 Å². The number of halogens is 2. The maximum absolute atomic E-state index is 12.4. The molecule has 3 rings (SSSR count). The maximum atomic E-state index is 12.4. The monoisotopic (exact) mass is 466 g/mol. The van der Waals surface area contributed by atoms with Crippen molar-refractivity contribution in [1.29, 1.82) is 0 Å². The lowest BCUT2D eigenvalue weighted by atomic mass is 10.2. The van der Waals surface area contributed by atoms with Gasteiger partial charge in [-0.05, 0) is 43.3 Å². The van der Waals surface area contributed by atoms with Crippen LogP contribution in [0, 0.1) is 0 Å².